The van der Waals surface area contributed by atoms with Crippen LogP contribution in [0.2, 0.25) is 0 Å². The van der Waals surface area contributed by atoms with Crippen molar-refractivity contribution in [2.24, 2.45) is 0 Å². The van der Waals surface area contributed by atoms with Crippen LogP contribution in [-0.2, 0) is 5.41 Å². The highest BCUT2D eigenvalue weighted by molar-refractivity contribution is 6.27. The van der Waals surface area contributed by atoms with Crippen molar-refractivity contribution >= 4 is 54.3 Å². The summed E-state index contributed by atoms with van der Waals surface area (Å²) >= 11 is 0. The van der Waals surface area contributed by atoms with E-state index in [9.17, 15) is 13.7 Å². The summed E-state index contributed by atoms with van der Waals surface area (Å²) in [5.41, 5.74) is -5.50. The summed E-state index contributed by atoms with van der Waals surface area (Å²) in [5.74, 6) is 0. The fourth-order valence-corrected chi connectivity index (χ4v) is 6.69. The molecule has 9 aromatic rings. The van der Waals surface area contributed by atoms with E-state index in [0.29, 0.717) is 0 Å². The molecule has 0 fully saturated rings. The molecule has 0 saturated carbocycles. The van der Waals surface area contributed by atoms with Crippen LogP contribution in [-0.4, -0.2) is 0 Å². The smallest absolute Gasteiger partial charge is 0.143 e. The van der Waals surface area contributed by atoms with Gasteiger partial charge in [-0.25, -0.2) is 0 Å². The second-order valence-electron chi connectivity index (χ2n) is 11.4. The molecule has 1 nitrogen and oxygen atoms in total. The quantitative estimate of drug-likeness (QED) is 0.177. The minimum atomic E-state index is -1.52. The monoisotopic (exact) mass is 610 g/mol. The molecule has 1 aromatic heterocycles. The number of benzene rings is 8. The average Bonchev–Trinajstić information content (AvgIpc) is 3.83. The molecule has 216 valence electrons. The number of hydrogen-bond acceptors (Lipinski definition) is 1. The first kappa shape index (κ1) is 11.6. The van der Waals surface area contributed by atoms with Crippen LogP contribution in [0.5, 0.6) is 0 Å². The van der Waals surface area contributed by atoms with Gasteiger partial charge in [0.2, 0.25) is 0 Å². The van der Waals surface area contributed by atoms with Crippen molar-refractivity contribution in [3.8, 4) is 33.4 Å². The zero-order valence-electron chi connectivity index (χ0n) is 47.9. The van der Waals surface area contributed by atoms with Gasteiger partial charge in [-0.1, -0.05) is 147 Å². The molecule has 0 atom stereocenters. The minimum Gasteiger partial charge on any atom is -0.455 e. The Morgan fingerprint density at radius 2 is 0.978 bits per heavy atom. The highest BCUT2D eigenvalue weighted by Gasteiger charge is 2.37. The van der Waals surface area contributed by atoms with Gasteiger partial charge in [-0.05, 0) is 83.5 Å². The van der Waals surface area contributed by atoms with Crippen LogP contribution in [0.3, 0.4) is 0 Å². The van der Waals surface area contributed by atoms with Crippen LogP contribution in [0.1, 0.15) is 57.9 Å². The molecule has 1 heteroatoms. The van der Waals surface area contributed by atoms with E-state index in [1.54, 1.807) is 0 Å². The van der Waals surface area contributed by atoms with Gasteiger partial charge < -0.3 is 4.42 Å². The molecule has 1 aliphatic rings. The van der Waals surface area contributed by atoms with Crippen LogP contribution in [0.4, 0.5) is 0 Å². The molecule has 0 N–H and O–H groups in total. The molecule has 0 spiro atoms. The maximum atomic E-state index is 9.61. The van der Waals surface area contributed by atoms with Gasteiger partial charge in [-0.3, -0.25) is 0 Å². The highest BCUT2D eigenvalue weighted by atomic mass is 16.3. The Kier molecular flexibility index (Phi) is 2.32. The molecule has 0 saturated heterocycles. The molecular formula is C45H30O. The Labute approximate surface area is 301 Å². The third-order valence-corrected chi connectivity index (χ3v) is 8.69. The molecule has 0 bridgehead atoms. The Hall–Kier alpha value is -5.66. The molecule has 0 radical (unpaired) electrons. The van der Waals surface area contributed by atoms with E-state index in [1.807, 2.05) is 0 Å². The van der Waals surface area contributed by atoms with Gasteiger partial charge in [-0.2, -0.15) is 0 Å². The van der Waals surface area contributed by atoms with Gasteiger partial charge in [0.25, 0.3) is 0 Å². The van der Waals surface area contributed by atoms with E-state index in [1.165, 1.54) is 13.8 Å². The molecule has 46 heavy (non-hydrogen) atoms. The first-order chi connectivity index (χ1) is 32.6. The normalized spacial score (nSPS) is 20.9. The van der Waals surface area contributed by atoms with Crippen LogP contribution in [0.25, 0.3) is 87.6 Å². The predicted molar refractivity (Wildman–Crippen MR) is 195 cm³/mol. The Balaban J connectivity index is 1.58. The summed E-state index contributed by atoms with van der Waals surface area (Å²) in [6.07, 6.45) is 0. The van der Waals surface area contributed by atoms with Crippen molar-refractivity contribution in [2.75, 3.05) is 0 Å². The first-order valence-electron chi connectivity index (χ1n) is 26.2. The van der Waals surface area contributed by atoms with E-state index in [2.05, 4.69) is 0 Å². The minimum absolute atomic E-state index is 0.0498. The second-order valence-corrected chi connectivity index (χ2v) is 11.4. The van der Waals surface area contributed by atoms with E-state index in [-0.39, 0.29) is 22.3 Å². The Morgan fingerprint density at radius 3 is 1.72 bits per heavy atom. The van der Waals surface area contributed by atoms with Crippen molar-refractivity contribution in [2.45, 2.75) is 19.3 Å². The Bertz CT molecular complexity index is 4000. The van der Waals surface area contributed by atoms with E-state index in [4.69, 9.17) is 23.6 Å². The predicted octanol–water partition coefficient (Wildman–Crippen LogP) is 12.7. The standard InChI is InChI=1S/C45H30O/c1-45(2)37-22-10-9-19-33(37)42-34(20-11-23-38(42)45)40-29-15-5-7-17-31(29)41(32-18-8-6-16-30(32)40)35-21-12-24-39-43(35)36-26-25-27-13-3-4-14-28(27)44(36)46-39/h3-26H,1-2H3/i3D,4D,5D,6D,7D,8D,9D,10D,11D,12D,13D,14D,15D,16D,17D,18D,19D,20D,21D,22D,23D,24D,25D,26D. The van der Waals surface area contributed by atoms with Gasteiger partial charge in [0.1, 0.15) is 11.2 Å². The molecule has 0 aliphatic heterocycles. The summed E-state index contributed by atoms with van der Waals surface area (Å²) in [4.78, 5) is 0. The lowest BCUT2D eigenvalue weighted by molar-refractivity contribution is 0.660. The topological polar surface area (TPSA) is 13.1 Å². The second kappa shape index (κ2) is 9.19. The fraction of sp³-hybridized carbons (Fsp3) is 0.0667. The molecule has 0 unspecified atom stereocenters. The van der Waals surface area contributed by atoms with E-state index in [0.717, 1.165) is 0 Å². The van der Waals surface area contributed by atoms with Crippen molar-refractivity contribution in [3.63, 3.8) is 0 Å². The van der Waals surface area contributed by atoms with Crippen molar-refractivity contribution in [1.82, 2.24) is 0 Å². The summed E-state index contributed by atoms with van der Waals surface area (Å²) < 4.78 is 225. The molecule has 0 amide bonds. The molecule has 8 aromatic carbocycles. The molecule has 1 aliphatic carbocycles. The maximum absolute atomic E-state index is 9.61. The molecule has 10 rings (SSSR count). The van der Waals surface area contributed by atoms with Gasteiger partial charge >= 0.3 is 0 Å². The van der Waals surface area contributed by atoms with Crippen LogP contribution in [0, 0.1) is 0 Å². The fourth-order valence-electron chi connectivity index (χ4n) is 6.69. The first-order valence-corrected chi connectivity index (χ1v) is 14.2. The third-order valence-electron chi connectivity index (χ3n) is 8.69. The summed E-state index contributed by atoms with van der Waals surface area (Å²) in [6, 6.07) is -19.1. The molecular weight excluding hydrogens is 556 g/mol. The van der Waals surface area contributed by atoms with Crippen LogP contribution < -0.4 is 0 Å². The third kappa shape index (κ3) is 3.30. The number of furan rings is 1. The van der Waals surface area contributed by atoms with Gasteiger partial charge in [-0.15, -0.1) is 0 Å². The number of fused-ring (bicyclic) bond motifs is 10. The SMILES string of the molecule is [2H]c1c([2H])c([2H])c2c(c1[2H])-c1c(-c3c4c([2H])c([2H])c([2H])c([2H])c4c(-c4c([2H])c([2H])c([2H])c5oc6c7c([2H])c([2H])c([2H])c([2H])c7c([2H])c([2H])c6c45)c4c([2H])c([2H])c([2H])c([2H])c34)c([2H])c([2H])c([2H])c1C2(C)C. The van der Waals surface area contributed by atoms with Crippen molar-refractivity contribution in [1.29, 1.82) is 0 Å². The largest absolute Gasteiger partial charge is 0.455 e. The zero-order valence-corrected chi connectivity index (χ0v) is 23.9. The number of hydrogen-bond donors (Lipinski definition) is 0. The van der Waals surface area contributed by atoms with E-state index >= 15 is 0 Å². The zero-order chi connectivity index (χ0) is 51.5. The summed E-state index contributed by atoms with van der Waals surface area (Å²) in [7, 11) is 0. The highest BCUT2D eigenvalue weighted by Crippen LogP contribution is 2.55. The van der Waals surface area contributed by atoms with Crippen LogP contribution >= 0.6 is 0 Å². The summed E-state index contributed by atoms with van der Waals surface area (Å²) in [6.45, 7) is 3.06. The summed E-state index contributed by atoms with van der Waals surface area (Å²) in [5, 5.41) is -4.24. The lowest BCUT2D eigenvalue weighted by atomic mass is 9.80. The van der Waals surface area contributed by atoms with Gasteiger partial charge in [0.05, 0.1) is 32.9 Å². The number of rotatable bonds is 2. The average molecular weight is 611 g/mol. The Morgan fingerprint density at radius 1 is 0.435 bits per heavy atom. The van der Waals surface area contributed by atoms with Crippen LogP contribution in [0.15, 0.2) is 149 Å². The van der Waals surface area contributed by atoms with Crippen molar-refractivity contribution in [3.05, 3.63) is 156 Å². The van der Waals surface area contributed by atoms with Crippen molar-refractivity contribution < 1.29 is 37.3 Å². The lowest BCUT2D eigenvalue weighted by Crippen LogP contribution is -2.14. The van der Waals surface area contributed by atoms with Gasteiger partial charge in [0, 0.05) is 21.6 Å². The lowest BCUT2D eigenvalue weighted by Gasteiger charge is -2.22. The molecule has 1 heterocycles. The van der Waals surface area contributed by atoms with Gasteiger partial charge in [0.15, 0.2) is 0 Å². The van der Waals surface area contributed by atoms with E-state index < -0.39 is 227 Å². The maximum Gasteiger partial charge on any atom is 0.143 e.